The van der Waals surface area contributed by atoms with Crippen LogP contribution in [0.2, 0.25) is 0 Å². The minimum atomic E-state index is -1.30. The maximum absolute atomic E-state index is 11.7. The summed E-state index contributed by atoms with van der Waals surface area (Å²) in [4.78, 5) is 23.2. The van der Waals surface area contributed by atoms with E-state index in [0.29, 0.717) is 0 Å². The van der Waals surface area contributed by atoms with Gasteiger partial charge in [-0.1, -0.05) is 44.2 Å². The molecule has 6 heteroatoms. The Kier molecular flexibility index (Phi) is 7.39. The molecule has 0 bridgehead atoms. The van der Waals surface area contributed by atoms with Crippen LogP contribution >= 0.6 is 0 Å². The number of hydrogen-bond donors (Lipinski definition) is 3. The largest absolute Gasteiger partial charge is 0.445 e. The van der Waals surface area contributed by atoms with E-state index in [2.05, 4.69) is 10.6 Å². The van der Waals surface area contributed by atoms with Gasteiger partial charge in [0.2, 0.25) is 0 Å². The van der Waals surface area contributed by atoms with Gasteiger partial charge in [0.15, 0.2) is 0 Å². The maximum Gasteiger partial charge on any atom is 0.407 e. The fraction of sp³-hybridized carbons (Fsp3) is 0.500. The van der Waals surface area contributed by atoms with E-state index in [1.54, 1.807) is 0 Å². The summed E-state index contributed by atoms with van der Waals surface area (Å²) in [7, 11) is 0. The van der Waals surface area contributed by atoms with Gasteiger partial charge in [0.25, 0.3) is 5.91 Å². The van der Waals surface area contributed by atoms with E-state index in [1.165, 1.54) is 0 Å². The van der Waals surface area contributed by atoms with Crippen molar-refractivity contribution in [1.82, 2.24) is 10.6 Å². The highest BCUT2D eigenvalue weighted by atomic mass is 16.5. The Bertz CT molecular complexity index is 476. The average Bonchev–Trinajstić information content (AvgIpc) is 2.51. The standard InChI is InChI=1S/C16H24N2O4/c1-11(2)12(3)18-15(20)14(19)9-17-16(21)22-10-13-7-5-4-6-8-13/h4-8,11-12,14,19H,9-10H2,1-3H3,(H,17,21)(H,18,20)/t12-,14?/m0/s1. The van der Waals surface area contributed by atoms with E-state index in [1.807, 2.05) is 51.1 Å². The summed E-state index contributed by atoms with van der Waals surface area (Å²) in [5.41, 5.74) is 0.863. The minimum absolute atomic E-state index is 0.0489. The molecule has 3 N–H and O–H groups in total. The lowest BCUT2D eigenvalue weighted by atomic mass is 10.1. The van der Waals surface area contributed by atoms with Crippen molar-refractivity contribution >= 4 is 12.0 Å². The van der Waals surface area contributed by atoms with Gasteiger partial charge >= 0.3 is 6.09 Å². The van der Waals surface area contributed by atoms with Crippen LogP contribution in [0.4, 0.5) is 4.79 Å². The molecule has 1 aromatic rings. The predicted molar refractivity (Wildman–Crippen MR) is 83.1 cm³/mol. The molecular formula is C16H24N2O4. The molecule has 0 fully saturated rings. The molecule has 1 rings (SSSR count). The number of aliphatic hydroxyl groups is 1. The Balaban J connectivity index is 2.26. The third kappa shape index (κ3) is 6.58. The number of carbonyl (C=O) groups is 2. The van der Waals surface area contributed by atoms with Gasteiger partial charge in [-0.05, 0) is 18.4 Å². The van der Waals surface area contributed by atoms with Crippen LogP contribution in [-0.4, -0.2) is 35.8 Å². The molecule has 0 radical (unpaired) electrons. The van der Waals surface area contributed by atoms with E-state index >= 15 is 0 Å². The van der Waals surface area contributed by atoms with Gasteiger partial charge in [-0.15, -0.1) is 0 Å². The van der Waals surface area contributed by atoms with Crippen LogP contribution in [0.15, 0.2) is 30.3 Å². The number of carbonyl (C=O) groups excluding carboxylic acids is 2. The van der Waals surface area contributed by atoms with Crippen LogP contribution in [0, 0.1) is 5.92 Å². The number of ether oxygens (including phenoxy) is 1. The molecule has 0 aliphatic carbocycles. The summed E-state index contributed by atoms with van der Waals surface area (Å²) in [6.45, 7) is 5.74. The molecule has 6 nitrogen and oxygen atoms in total. The Morgan fingerprint density at radius 2 is 1.82 bits per heavy atom. The van der Waals surface area contributed by atoms with Crippen molar-refractivity contribution in [3.05, 3.63) is 35.9 Å². The first-order chi connectivity index (χ1) is 10.4. The van der Waals surface area contributed by atoms with Crippen LogP contribution in [0.25, 0.3) is 0 Å². The van der Waals surface area contributed by atoms with Gasteiger partial charge in [-0.25, -0.2) is 4.79 Å². The van der Waals surface area contributed by atoms with Gasteiger partial charge in [-0.2, -0.15) is 0 Å². The van der Waals surface area contributed by atoms with Crippen LogP contribution in [0.5, 0.6) is 0 Å². The van der Waals surface area contributed by atoms with Crippen molar-refractivity contribution in [2.45, 2.75) is 39.5 Å². The number of aliphatic hydroxyl groups excluding tert-OH is 1. The van der Waals surface area contributed by atoms with Crippen molar-refractivity contribution in [2.75, 3.05) is 6.54 Å². The molecule has 1 unspecified atom stereocenters. The van der Waals surface area contributed by atoms with E-state index in [-0.39, 0.29) is 25.1 Å². The predicted octanol–water partition coefficient (Wildman–Crippen LogP) is 1.43. The quantitative estimate of drug-likeness (QED) is 0.711. The number of benzene rings is 1. The number of alkyl carbamates (subject to hydrolysis) is 1. The Morgan fingerprint density at radius 3 is 2.41 bits per heavy atom. The number of rotatable bonds is 7. The zero-order valence-electron chi connectivity index (χ0n) is 13.2. The van der Waals surface area contributed by atoms with Crippen molar-refractivity contribution < 1.29 is 19.4 Å². The number of amides is 2. The summed E-state index contributed by atoms with van der Waals surface area (Å²) in [6.07, 6.45) is -1.97. The molecule has 0 aromatic heterocycles. The lowest BCUT2D eigenvalue weighted by molar-refractivity contribution is -0.129. The highest BCUT2D eigenvalue weighted by molar-refractivity contribution is 5.81. The van der Waals surface area contributed by atoms with Crippen LogP contribution < -0.4 is 10.6 Å². The Morgan fingerprint density at radius 1 is 1.18 bits per heavy atom. The second-order valence-corrected chi connectivity index (χ2v) is 5.50. The van der Waals surface area contributed by atoms with E-state index in [4.69, 9.17) is 4.74 Å². The zero-order chi connectivity index (χ0) is 16.5. The number of hydrogen-bond acceptors (Lipinski definition) is 4. The molecule has 2 atom stereocenters. The first-order valence-electron chi connectivity index (χ1n) is 7.33. The normalized spacial score (nSPS) is 13.3. The summed E-state index contributed by atoms with van der Waals surface area (Å²) >= 11 is 0. The van der Waals surface area contributed by atoms with Gasteiger partial charge in [0, 0.05) is 6.04 Å². The van der Waals surface area contributed by atoms with Crippen LogP contribution in [0.1, 0.15) is 26.3 Å². The fourth-order valence-electron chi connectivity index (χ4n) is 1.53. The number of nitrogens with one attached hydrogen (secondary N) is 2. The van der Waals surface area contributed by atoms with E-state index < -0.39 is 18.1 Å². The average molecular weight is 308 g/mol. The third-order valence-electron chi connectivity index (χ3n) is 3.33. The topological polar surface area (TPSA) is 87.7 Å². The Hall–Kier alpha value is -2.08. The van der Waals surface area contributed by atoms with E-state index in [9.17, 15) is 14.7 Å². The second kappa shape index (κ2) is 9.04. The molecule has 0 aliphatic heterocycles. The fourth-order valence-corrected chi connectivity index (χ4v) is 1.53. The molecule has 0 spiro atoms. The van der Waals surface area contributed by atoms with Gasteiger partial charge in [0.1, 0.15) is 12.7 Å². The van der Waals surface area contributed by atoms with Crippen LogP contribution in [0.3, 0.4) is 0 Å². The monoisotopic (exact) mass is 308 g/mol. The summed E-state index contributed by atoms with van der Waals surface area (Å²) in [5.74, 6) is -0.246. The molecule has 0 saturated heterocycles. The van der Waals surface area contributed by atoms with Crippen molar-refractivity contribution in [1.29, 1.82) is 0 Å². The minimum Gasteiger partial charge on any atom is -0.445 e. The van der Waals surface area contributed by atoms with Gasteiger partial charge in [-0.3, -0.25) is 4.79 Å². The van der Waals surface area contributed by atoms with Crippen molar-refractivity contribution in [3.63, 3.8) is 0 Å². The van der Waals surface area contributed by atoms with Gasteiger partial charge in [0.05, 0.1) is 6.54 Å². The lowest BCUT2D eigenvalue weighted by Gasteiger charge is -2.19. The molecule has 22 heavy (non-hydrogen) atoms. The van der Waals surface area contributed by atoms with Crippen molar-refractivity contribution in [3.8, 4) is 0 Å². The molecule has 0 saturated carbocycles. The molecular weight excluding hydrogens is 284 g/mol. The molecule has 0 aliphatic rings. The highest BCUT2D eigenvalue weighted by Crippen LogP contribution is 2.01. The first kappa shape index (κ1) is 18.0. The smallest absolute Gasteiger partial charge is 0.407 e. The SMILES string of the molecule is CC(C)[C@H](C)NC(=O)C(O)CNC(=O)OCc1ccccc1. The van der Waals surface area contributed by atoms with Crippen LogP contribution in [-0.2, 0) is 16.1 Å². The highest BCUT2D eigenvalue weighted by Gasteiger charge is 2.19. The molecule has 0 heterocycles. The lowest BCUT2D eigenvalue weighted by Crippen LogP contribution is -2.46. The summed E-state index contributed by atoms with van der Waals surface area (Å²) in [5, 5.41) is 14.7. The summed E-state index contributed by atoms with van der Waals surface area (Å²) in [6, 6.07) is 9.19. The Labute approximate surface area is 130 Å². The first-order valence-corrected chi connectivity index (χ1v) is 7.33. The second-order valence-electron chi connectivity index (χ2n) is 5.50. The molecule has 2 amide bonds. The van der Waals surface area contributed by atoms with Crippen molar-refractivity contribution in [2.24, 2.45) is 5.92 Å². The molecule has 122 valence electrons. The summed E-state index contributed by atoms with van der Waals surface area (Å²) < 4.78 is 4.98. The van der Waals surface area contributed by atoms with E-state index in [0.717, 1.165) is 5.56 Å². The molecule has 1 aromatic carbocycles. The third-order valence-corrected chi connectivity index (χ3v) is 3.33. The zero-order valence-corrected chi connectivity index (χ0v) is 13.2. The van der Waals surface area contributed by atoms with Gasteiger partial charge < -0.3 is 20.5 Å². The maximum atomic E-state index is 11.7.